The number of hydrogen-bond donors (Lipinski definition) is 1. The summed E-state index contributed by atoms with van der Waals surface area (Å²) in [6, 6.07) is -0.616. The lowest BCUT2D eigenvalue weighted by molar-refractivity contribution is -0.887. The van der Waals surface area contributed by atoms with Crippen molar-refractivity contribution in [2.24, 2.45) is 0 Å². The molecule has 8 heteroatoms. The summed E-state index contributed by atoms with van der Waals surface area (Å²) in [6.45, 7) is 4.56. The average Bonchev–Trinajstić information content (AvgIpc) is 3.30. The minimum absolute atomic E-state index is 0.0506. The lowest BCUT2D eigenvalue weighted by atomic mass is 10.0. The highest BCUT2D eigenvalue weighted by atomic mass is 16.6. The van der Waals surface area contributed by atoms with Crippen molar-refractivity contribution >= 4 is 17.9 Å². The summed E-state index contributed by atoms with van der Waals surface area (Å²) in [5, 5.41) is 9.68. The van der Waals surface area contributed by atoms with E-state index in [0.29, 0.717) is 19.3 Å². The molecule has 0 bridgehead atoms. The van der Waals surface area contributed by atoms with Gasteiger partial charge < -0.3 is 23.8 Å². The number of esters is 2. The Kier molecular flexibility index (Phi) is 48.2. The van der Waals surface area contributed by atoms with E-state index in [1.165, 1.54) is 148 Å². The Balaban J connectivity index is 4.15. The Morgan fingerprint density at radius 1 is 0.441 bits per heavy atom. The first kappa shape index (κ1) is 65.0. The van der Waals surface area contributed by atoms with Gasteiger partial charge in [-0.3, -0.25) is 9.59 Å². The van der Waals surface area contributed by atoms with Gasteiger partial charge in [0.1, 0.15) is 6.61 Å². The standard InChI is InChI=1S/C60H107NO7/c1-6-8-10-12-14-16-18-20-22-24-26-28-29-31-33-35-37-39-41-43-45-47-49-51-59(63)68-56(54-66-53-52-57(60(64)65)61(3,4)5)55-67-58(62)50-48-46-44-42-40-38-36-34-32-30-27-25-23-21-19-17-15-13-11-9-7-2/h8-11,14-17,20,22,56-57H,6-7,12-13,18-19,21,23-55H2,1-5H3/p+1/b10-8+,11-9+,16-14+,17-15+,22-20+. The summed E-state index contributed by atoms with van der Waals surface area (Å²) >= 11 is 0. The summed E-state index contributed by atoms with van der Waals surface area (Å²) in [5.41, 5.74) is 0. The highest BCUT2D eigenvalue weighted by Crippen LogP contribution is 2.17. The van der Waals surface area contributed by atoms with Gasteiger partial charge in [-0.15, -0.1) is 0 Å². The fraction of sp³-hybridized carbons (Fsp3) is 0.783. The maximum Gasteiger partial charge on any atom is 0.362 e. The molecule has 0 aliphatic rings. The second-order valence-electron chi connectivity index (χ2n) is 20.1. The number of carbonyl (C=O) groups excluding carboxylic acids is 2. The number of quaternary nitrogens is 1. The van der Waals surface area contributed by atoms with Crippen LogP contribution in [0.2, 0.25) is 0 Å². The van der Waals surface area contributed by atoms with Gasteiger partial charge in [0, 0.05) is 19.3 Å². The Bertz CT molecular complexity index is 1290. The third kappa shape index (κ3) is 48.1. The summed E-state index contributed by atoms with van der Waals surface area (Å²) < 4.78 is 17.4. The van der Waals surface area contributed by atoms with Gasteiger partial charge >= 0.3 is 17.9 Å². The molecule has 0 spiro atoms. The number of hydrogen-bond acceptors (Lipinski definition) is 6. The number of likely N-dealkylation sites (N-methyl/N-ethyl adjacent to an activating group) is 1. The quantitative estimate of drug-likeness (QED) is 0.0281. The number of carboxylic acids is 1. The van der Waals surface area contributed by atoms with Crippen LogP contribution in [0.15, 0.2) is 60.8 Å². The molecule has 0 aliphatic heterocycles. The predicted octanol–water partition coefficient (Wildman–Crippen LogP) is 16.9. The first-order valence-electron chi connectivity index (χ1n) is 28.3. The van der Waals surface area contributed by atoms with E-state index in [1.54, 1.807) is 0 Å². The molecule has 2 unspecified atom stereocenters. The summed E-state index contributed by atoms with van der Waals surface area (Å²) in [4.78, 5) is 37.3. The molecule has 2 atom stereocenters. The van der Waals surface area contributed by atoms with Gasteiger partial charge in [0.05, 0.1) is 34.4 Å². The maximum absolute atomic E-state index is 12.8. The molecule has 0 heterocycles. The van der Waals surface area contributed by atoms with Gasteiger partial charge in [-0.1, -0.05) is 222 Å². The Labute approximate surface area is 419 Å². The number of ether oxygens (including phenoxy) is 3. The lowest BCUT2D eigenvalue weighted by Crippen LogP contribution is -2.50. The van der Waals surface area contributed by atoms with E-state index >= 15 is 0 Å². The van der Waals surface area contributed by atoms with E-state index in [9.17, 15) is 19.5 Å². The Hall–Kier alpha value is -2.97. The van der Waals surface area contributed by atoms with Crippen molar-refractivity contribution in [1.82, 2.24) is 0 Å². The molecule has 394 valence electrons. The Morgan fingerprint density at radius 2 is 0.779 bits per heavy atom. The SMILES string of the molecule is CC/C=C/C/C=C/C/C=C/CCCCCCCCCCCCCCCC(=O)OC(COCCC(C(=O)O)[N+](C)(C)C)COC(=O)CCCCCCCCCCCCCCCC/C=C/C/C=C/CC. The number of allylic oxidation sites excluding steroid dienone is 10. The smallest absolute Gasteiger partial charge is 0.362 e. The van der Waals surface area contributed by atoms with Gasteiger partial charge in [0.15, 0.2) is 12.1 Å². The van der Waals surface area contributed by atoms with Gasteiger partial charge in [0.2, 0.25) is 0 Å². The molecule has 0 saturated carbocycles. The van der Waals surface area contributed by atoms with Crippen LogP contribution >= 0.6 is 0 Å². The monoisotopic (exact) mass is 955 g/mol. The topological polar surface area (TPSA) is 99.1 Å². The molecule has 0 saturated heterocycles. The molecular formula is C60H108NO7+. The molecule has 0 fully saturated rings. The normalized spacial score (nSPS) is 13.2. The average molecular weight is 956 g/mol. The van der Waals surface area contributed by atoms with Crippen LogP contribution in [0.4, 0.5) is 0 Å². The van der Waals surface area contributed by atoms with Crippen LogP contribution in [0, 0.1) is 0 Å². The third-order valence-corrected chi connectivity index (χ3v) is 12.7. The van der Waals surface area contributed by atoms with Gasteiger partial charge in [-0.2, -0.15) is 0 Å². The van der Waals surface area contributed by atoms with Gasteiger partial charge in [-0.05, 0) is 70.6 Å². The largest absolute Gasteiger partial charge is 0.477 e. The zero-order chi connectivity index (χ0) is 49.9. The number of nitrogens with zero attached hydrogens (tertiary/aromatic N) is 1. The summed E-state index contributed by atoms with van der Waals surface area (Å²) in [7, 11) is 5.55. The van der Waals surface area contributed by atoms with Crippen LogP contribution in [0.3, 0.4) is 0 Å². The van der Waals surface area contributed by atoms with Gasteiger partial charge in [-0.25, -0.2) is 4.79 Å². The zero-order valence-corrected chi connectivity index (χ0v) is 45.1. The highest BCUT2D eigenvalue weighted by molar-refractivity contribution is 5.72. The predicted molar refractivity (Wildman–Crippen MR) is 289 cm³/mol. The maximum atomic E-state index is 12.8. The third-order valence-electron chi connectivity index (χ3n) is 12.7. The molecule has 8 nitrogen and oxygen atoms in total. The molecular weight excluding hydrogens is 847 g/mol. The number of aliphatic carboxylic acids is 1. The summed E-state index contributed by atoms with van der Waals surface area (Å²) in [6.07, 6.45) is 64.2. The van der Waals surface area contributed by atoms with E-state index < -0.39 is 18.1 Å². The number of carboxylic acid groups (broad SMARTS) is 1. The van der Waals surface area contributed by atoms with Crippen LogP contribution in [-0.4, -0.2) is 80.6 Å². The van der Waals surface area contributed by atoms with Crippen LogP contribution in [-0.2, 0) is 28.6 Å². The van der Waals surface area contributed by atoms with E-state index in [2.05, 4.69) is 74.6 Å². The number of carbonyl (C=O) groups is 3. The molecule has 0 radical (unpaired) electrons. The first-order valence-corrected chi connectivity index (χ1v) is 28.3. The molecule has 68 heavy (non-hydrogen) atoms. The van der Waals surface area contributed by atoms with E-state index in [-0.39, 0.29) is 36.2 Å². The van der Waals surface area contributed by atoms with Crippen molar-refractivity contribution < 1.29 is 38.2 Å². The van der Waals surface area contributed by atoms with Crippen molar-refractivity contribution in [3.63, 3.8) is 0 Å². The minimum Gasteiger partial charge on any atom is -0.477 e. The lowest BCUT2D eigenvalue weighted by Gasteiger charge is -2.31. The number of rotatable bonds is 51. The van der Waals surface area contributed by atoms with Crippen molar-refractivity contribution in [2.75, 3.05) is 41.0 Å². The second kappa shape index (κ2) is 50.4. The molecule has 0 rings (SSSR count). The molecule has 0 aromatic rings. The highest BCUT2D eigenvalue weighted by Gasteiger charge is 2.31. The van der Waals surface area contributed by atoms with Crippen molar-refractivity contribution in [3.8, 4) is 0 Å². The van der Waals surface area contributed by atoms with Crippen LogP contribution in [0.25, 0.3) is 0 Å². The van der Waals surface area contributed by atoms with Gasteiger partial charge in [0.25, 0.3) is 0 Å². The van der Waals surface area contributed by atoms with Crippen molar-refractivity contribution in [1.29, 1.82) is 0 Å². The molecule has 0 aromatic carbocycles. The van der Waals surface area contributed by atoms with Crippen molar-refractivity contribution in [3.05, 3.63) is 60.8 Å². The van der Waals surface area contributed by atoms with E-state index in [4.69, 9.17) is 14.2 Å². The molecule has 0 amide bonds. The summed E-state index contributed by atoms with van der Waals surface area (Å²) in [5.74, 6) is -1.46. The van der Waals surface area contributed by atoms with Crippen LogP contribution in [0.5, 0.6) is 0 Å². The fourth-order valence-corrected chi connectivity index (χ4v) is 8.38. The molecule has 1 N–H and O–H groups in total. The fourth-order valence-electron chi connectivity index (χ4n) is 8.38. The second-order valence-corrected chi connectivity index (χ2v) is 20.1. The Morgan fingerprint density at radius 3 is 1.15 bits per heavy atom. The van der Waals surface area contributed by atoms with Crippen LogP contribution < -0.4 is 0 Å². The number of unbranched alkanes of at least 4 members (excludes halogenated alkanes) is 27. The van der Waals surface area contributed by atoms with E-state index in [0.717, 1.165) is 70.6 Å². The zero-order valence-electron chi connectivity index (χ0n) is 45.1. The van der Waals surface area contributed by atoms with Crippen LogP contribution in [0.1, 0.15) is 251 Å². The minimum atomic E-state index is -0.873. The molecule has 0 aliphatic carbocycles. The molecule has 0 aromatic heterocycles. The van der Waals surface area contributed by atoms with E-state index in [1.807, 2.05) is 21.1 Å². The first-order chi connectivity index (χ1) is 33.1. The van der Waals surface area contributed by atoms with Crippen molar-refractivity contribution in [2.45, 2.75) is 264 Å².